The molecule has 5 nitrogen and oxygen atoms in total. The van der Waals surface area contributed by atoms with Crippen LogP contribution in [0.2, 0.25) is 0 Å². The summed E-state index contributed by atoms with van der Waals surface area (Å²) in [7, 11) is 0. The monoisotopic (exact) mass is 196 g/mol. The lowest BCUT2D eigenvalue weighted by Gasteiger charge is -2.37. The van der Waals surface area contributed by atoms with Crippen molar-refractivity contribution < 1.29 is 25.2 Å². The maximum atomic E-state index is 9.24. The van der Waals surface area contributed by atoms with Gasteiger partial charge in [0.05, 0.1) is 24.1 Å². The predicted octanol–water partition coefficient (Wildman–Crippen LogP) is -2.28. The van der Waals surface area contributed by atoms with Crippen molar-refractivity contribution >= 4 is 12.6 Å². The van der Waals surface area contributed by atoms with Crippen LogP contribution in [0.3, 0.4) is 0 Å². The van der Waals surface area contributed by atoms with Gasteiger partial charge in [-0.15, -0.1) is 0 Å². The van der Waals surface area contributed by atoms with Crippen molar-refractivity contribution in [2.24, 2.45) is 0 Å². The van der Waals surface area contributed by atoms with E-state index in [1.807, 2.05) is 0 Å². The van der Waals surface area contributed by atoms with Gasteiger partial charge in [-0.3, -0.25) is 0 Å². The van der Waals surface area contributed by atoms with Gasteiger partial charge in [0, 0.05) is 0 Å². The molecule has 72 valence electrons. The molecular formula is C6H12O5S. The zero-order valence-electron chi connectivity index (χ0n) is 6.24. The summed E-state index contributed by atoms with van der Waals surface area (Å²) in [6.45, 7) is -0.352. The van der Waals surface area contributed by atoms with Crippen molar-refractivity contribution in [2.45, 2.75) is 29.9 Å². The molecule has 1 aliphatic rings. The summed E-state index contributed by atoms with van der Waals surface area (Å²) in [5.74, 6) is 0. The van der Waals surface area contributed by atoms with Crippen LogP contribution in [0.1, 0.15) is 0 Å². The largest absolute Gasteiger partial charge is 0.394 e. The second-order valence-electron chi connectivity index (χ2n) is 2.72. The highest BCUT2D eigenvalue weighted by atomic mass is 32.1. The number of thiol groups is 1. The third-order valence-electron chi connectivity index (χ3n) is 1.87. The Morgan fingerprint density at radius 2 is 1.75 bits per heavy atom. The zero-order valence-corrected chi connectivity index (χ0v) is 7.13. The van der Waals surface area contributed by atoms with Crippen molar-refractivity contribution in [3.05, 3.63) is 0 Å². The topological polar surface area (TPSA) is 90.2 Å². The summed E-state index contributed by atoms with van der Waals surface area (Å²) in [6.07, 6.45) is -4.76. The zero-order chi connectivity index (χ0) is 9.30. The Bertz CT molecular complexity index is 150. The summed E-state index contributed by atoms with van der Waals surface area (Å²) in [4.78, 5) is 0. The molecule has 1 heterocycles. The normalized spacial score (nSPS) is 49.2. The average Bonchev–Trinajstić information content (AvgIpc) is 2.08. The highest BCUT2D eigenvalue weighted by Crippen LogP contribution is 2.23. The van der Waals surface area contributed by atoms with Gasteiger partial charge in [0.25, 0.3) is 0 Å². The molecular weight excluding hydrogens is 184 g/mol. The van der Waals surface area contributed by atoms with E-state index < -0.39 is 29.9 Å². The van der Waals surface area contributed by atoms with Gasteiger partial charge in [-0.1, -0.05) is 0 Å². The molecule has 5 atom stereocenters. The molecule has 6 heteroatoms. The van der Waals surface area contributed by atoms with E-state index >= 15 is 0 Å². The number of aliphatic hydroxyl groups is 4. The number of ether oxygens (including phenoxy) is 1. The van der Waals surface area contributed by atoms with E-state index in [9.17, 15) is 5.11 Å². The molecule has 4 N–H and O–H groups in total. The Labute approximate surface area is 75.0 Å². The average molecular weight is 196 g/mol. The van der Waals surface area contributed by atoms with Crippen LogP contribution in [-0.2, 0) is 4.74 Å². The van der Waals surface area contributed by atoms with Gasteiger partial charge in [0.2, 0.25) is 0 Å². The Kier molecular flexibility index (Phi) is 3.33. The van der Waals surface area contributed by atoms with Crippen LogP contribution >= 0.6 is 12.6 Å². The number of hydrogen-bond acceptors (Lipinski definition) is 6. The van der Waals surface area contributed by atoms with Crippen LogP contribution in [-0.4, -0.2) is 56.9 Å². The van der Waals surface area contributed by atoms with E-state index in [0.29, 0.717) is 0 Å². The summed E-state index contributed by atoms with van der Waals surface area (Å²) in [5, 5.41) is 35.3. The first-order chi connectivity index (χ1) is 5.57. The maximum absolute atomic E-state index is 9.24. The standard InChI is InChI=1S/C6H12O5S/c7-1-2-5(12)3(8)4(9)6(10)11-2/h2-10,12H,1H2/t2-,3-,4-,5-,6-/m1/s1. The molecule has 0 amide bonds. The van der Waals surface area contributed by atoms with Crippen LogP contribution in [0.15, 0.2) is 0 Å². The highest BCUT2D eigenvalue weighted by Gasteiger charge is 2.41. The molecule has 1 saturated heterocycles. The summed E-state index contributed by atoms with van der Waals surface area (Å²) in [5.41, 5.74) is 0. The lowest BCUT2D eigenvalue weighted by atomic mass is 10.0. The second-order valence-corrected chi connectivity index (χ2v) is 3.32. The van der Waals surface area contributed by atoms with E-state index in [4.69, 9.17) is 20.1 Å². The van der Waals surface area contributed by atoms with Crippen LogP contribution in [0.5, 0.6) is 0 Å². The third kappa shape index (κ3) is 1.73. The molecule has 1 fully saturated rings. The van der Waals surface area contributed by atoms with Crippen LogP contribution in [0.4, 0.5) is 0 Å². The Hall–Kier alpha value is 0.150. The number of aliphatic hydroxyl groups excluding tert-OH is 4. The maximum Gasteiger partial charge on any atom is 0.183 e. The summed E-state index contributed by atoms with van der Waals surface area (Å²) >= 11 is 3.93. The van der Waals surface area contributed by atoms with Gasteiger partial charge in [-0.25, -0.2) is 0 Å². The Morgan fingerprint density at radius 3 is 2.25 bits per heavy atom. The second kappa shape index (κ2) is 3.91. The smallest absolute Gasteiger partial charge is 0.183 e. The van der Waals surface area contributed by atoms with Crippen LogP contribution < -0.4 is 0 Å². The number of hydrogen-bond donors (Lipinski definition) is 5. The fraction of sp³-hybridized carbons (Fsp3) is 1.00. The minimum Gasteiger partial charge on any atom is -0.394 e. The van der Waals surface area contributed by atoms with E-state index in [1.54, 1.807) is 0 Å². The molecule has 1 aliphatic heterocycles. The first-order valence-corrected chi connectivity index (χ1v) is 4.08. The molecule has 0 aromatic heterocycles. The van der Waals surface area contributed by atoms with Crippen molar-refractivity contribution in [3.8, 4) is 0 Å². The fourth-order valence-corrected chi connectivity index (χ4v) is 1.42. The van der Waals surface area contributed by atoms with Crippen LogP contribution in [0.25, 0.3) is 0 Å². The predicted molar refractivity (Wildman–Crippen MR) is 42.8 cm³/mol. The molecule has 0 aromatic rings. The van der Waals surface area contributed by atoms with Crippen molar-refractivity contribution in [3.63, 3.8) is 0 Å². The lowest BCUT2D eigenvalue weighted by molar-refractivity contribution is -0.248. The van der Waals surface area contributed by atoms with Crippen LogP contribution in [0, 0.1) is 0 Å². The SMILES string of the molecule is OC[C@H]1O[C@@H](O)[C@H](O)[C@@H](O)[C@@H]1S. The van der Waals surface area contributed by atoms with Crippen molar-refractivity contribution in [1.82, 2.24) is 0 Å². The van der Waals surface area contributed by atoms with E-state index in [-0.39, 0.29) is 6.61 Å². The molecule has 0 saturated carbocycles. The molecule has 0 unspecified atom stereocenters. The first kappa shape index (κ1) is 10.2. The van der Waals surface area contributed by atoms with Crippen molar-refractivity contribution in [2.75, 3.05) is 6.61 Å². The summed E-state index contributed by atoms with van der Waals surface area (Å²) in [6, 6.07) is 0. The molecule has 0 aliphatic carbocycles. The highest BCUT2D eigenvalue weighted by molar-refractivity contribution is 7.81. The molecule has 12 heavy (non-hydrogen) atoms. The van der Waals surface area contributed by atoms with Crippen molar-refractivity contribution in [1.29, 1.82) is 0 Å². The number of rotatable bonds is 1. The van der Waals surface area contributed by atoms with Gasteiger partial charge in [-0.2, -0.15) is 12.6 Å². The molecule has 0 aromatic carbocycles. The lowest BCUT2D eigenvalue weighted by Crippen LogP contribution is -2.56. The molecule has 0 spiro atoms. The van der Waals surface area contributed by atoms with Gasteiger partial charge in [0.1, 0.15) is 6.10 Å². The van der Waals surface area contributed by atoms with Gasteiger partial charge in [-0.05, 0) is 0 Å². The Morgan fingerprint density at radius 1 is 1.17 bits per heavy atom. The minimum absolute atomic E-state index is 0.352. The first-order valence-electron chi connectivity index (χ1n) is 3.56. The van der Waals surface area contributed by atoms with E-state index in [1.165, 1.54) is 0 Å². The molecule has 0 bridgehead atoms. The molecule has 0 radical (unpaired) electrons. The van der Waals surface area contributed by atoms with Gasteiger partial charge >= 0.3 is 0 Å². The molecule has 1 rings (SSSR count). The quantitative estimate of drug-likeness (QED) is 0.305. The summed E-state index contributed by atoms with van der Waals surface area (Å²) < 4.78 is 4.75. The van der Waals surface area contributed by atoms with Gasteiger partial charge in [0.15, 0.2) is 6.29 Å². The fourth-order valence-electron chi connectivity index (χ4n) is 1.08. The van der Waals surface area contributed by atoms with E-state index in [2.05, 4.69) is 12.6 Å². The van der Waals surface area contributed by atoms with E-state index in [0.717, 1.165) is 0 Å². The Balaban J connectivity index is 2.63. The minimum atomic E-state index is -1.46. The third-order valence-corrected chi connectivity index (χ3v) is 2.51. The van der Waals surface area contributed by atoms with Gasteiger partial charge < -0.3 is 25.2 Å².